The Bertz CT molecular complexity index is 971. The molecule has 1 atom stereocenters. The van der Waals surface area contributed by atoms with Crippen LogP contribution >= 0.6 is 11.3 Å². The van der Waals surface area contributed by atoms with Crippen molar-refractivity contribution in [3.63, 3.8) is 0 Å². The molecule has 0 aliphatic carbocycles. The maximum absolute atomic E-state index is 12.8. The summed E-state index contributed by atoms with van der Waals surface area (Å²) in [5, 5.41) is 1.89. The topological polar surface area (TPSA) is 86.8 Å². The van der Waals surface area contributed by atoms with Gasteiger partial charge in [0.15, 0.2) is 0 Å². The summed E-state index contributed by atoms with van der Waals surface area (Å²) >= 11 is 1.49. The van der Waals surface area contributed by atoms with Gasteiger partial charge in [0, 0.05) is 49.1 Å². The summed E-state index contributed by atoms with van der Waals surface area (Å²) in [5.74, 6) is 0.0381. The van der Waals surface area contributed by atoms with Gasteiger partial charge in [0.2, 0.25) is 15.9 Å². The van der Waals surface area contributed by atoms with Crippen LogP contribution < -0.4 is 4.72 Å². The van der Waals surface area contributed by atoms with E-state index in [1.807, 2.05) is 22.4 Å². The lowest BCUT2D eigenvalue weighted by molar-refractivity contribution is -0.130. The molecule has 0 radical (unpaired) electrons. The number of thiophene rings is 1. The average molecular weight is 420 g/mol. The van der Waals surface area contributed by atoms with E-state index in [4.69, 9.17) is 0 Å². The van der Waals surface area contributed by atoms with Crippen molar-refractivity contribution in [2.45, 2.75) is 30.3 Å². The Labute approximate surface area is 168 Å². The summed E-state index contributed by atoms with van der Waals surface area (Å²) in [6.45, 7) is 1.84. The van der Waals surface area contributed by atoms with Crippen LogP contribution in [-0.2, 0) is 21.4 Å². The Kier molecular flexibility index (Phi) is 5.22. The van der Waals surface area contributed by atoms with E-state index in [1.54, 1.807) is 17.0 Å². The molecule has 148 valence electrons. The van der Waals surface area contributed by atoms with Crippen LogP contribution in [0.1, 0.15) is 28.1 Å². The number of sulfonamides is 1. The van der Waals surface area contributed by atoms with Gasteiger partial charge in [-0.15, -0.1) is 11.3 Å². The molecular weight excluding hydrogens is 398 g/mol. The molecule has 2 amide bonds. The van der Waals surface area contributed by atoms with E-state index in [9.17, 15) is 18.0 Å². The van der Waals surface area contributed by atoms with Crippen LogP contribution in [0.4, 0.5) is 0 Å². The minimum absolute atomic E-state index is 0.103. The van der Waals surface area contributed by atoms with Gasteiger partial charge >= 0.3 is 0 Å². The first-order chi connectivity index (χ1) is 13.4. The number of hydrogen-bond acceptors (Lipinski definition) is 5. The van der Waals surface area contributed by atoms with Gasteiger partial charge < -0.3 is 9.80 Å². The molecule has 0 saturated carbocycles. The van der Waals surface area contributed by atoms with Gasteiger partial charge in [0.05, 0.1) is 4.90 Å². The van der Waals surface area contributed by atoms with Crippen molar-refractivity contribution >= 4 is 33.2 Å². The molecule has 1 N–H and O–H groups in total. The number of nitrogens with zero attached hydrogens (tertiary/aromatic N) is 2. The molecule has 2 aliphatic rings. The molecular formula is C19H21N3O4S2. The Balaban J connectivity index is 1.41. The van der Waals surface area contributed by atoms with Crippen LogP contribution in [0.15, 0.2) is 46.7 Å². The predicted molar refractivity (Wildman–Crippen MR) is 105 cm³/mol. The van der Waals surface area contributed by atoms with Gasteiger partial charge in [-0.25, -0.2) is 13.1 Å². The molecule has 3 heterocycles. The molecule has 28 heavy (non-hydrogen) atoms. The van der Waals surface area contributed by atoms with Crippen LogP contribution in [0, 0.1) is 0 Å². The monoisotopic (exact) mass is 419 g/mol. The smallest absolute Gasteiger partial charge is 0.253 e. The van der Waals surface area contributed by atoms with E-state index in [2.05, 4.69) is 4.72 Å². The van der Waals surface area contributed by atoms with Gasteiger partial charge in [-0.1, -0.05) is 6.07 Å². The summed E-state index contributed by atoms with van der Waals surface area (Å²) in [6.07, 6.45) is 1.34. The summed E-state index contributed by atoms with van der Waals surface area (Å²) in [5.41, 5.74) is 0.454. The average Bonchev–Trinajstić information content (AvgIpc) is 3.36. The van der Waals surface area contributed by atoms with Crippen molar-refractivity contribution in [2.75, 3.05) is 19.6 Å². The third kappa shape index (κ3) is 3.82. The molecule has 1 aromatic heterocycles. The first-order valence-electron chi connectivity index (χ1n) is 9.15. The second-order valence-electron chi connectivity index (χ2n) is 6.96. The molecule has 0 unspecified atom stereocenters. The zero-order valence-corrected chi connectivity index (χ0v) is 16.8. The summed E-state index contributed by atoms with van der Waals surface area (Å²) in [6, 6.07) is 9.86. The number of amides is 2. The minimum atomic E-state index is -3.63. The van der Waals surface area contributed by atoms with Crippen LogP contribution in [0.3, 0.4) is 0 Å². The SMILES string of the molecule is O=C(c1ccc(S(=O)(=O)NCc2cccs2)cc1)N1CCN2C(=O)CC[C@@H]2C1. The number of rotatable bonds is 5. The minimum Gasteiger partial charge on any atom is -0.336 e. The Morgan fingerprint density at radius 3 is 2.68 bits per heavy atom. The molecule has 2 aliphatic heterocycles. The number of fused-ring (bicyclic) bond motifs is 1. The number of carbonyl (C=O) groups is 2. The quantitative estimate of drug-likeness (QED) is 0.799. The third-order valence-corrected chi connectivity index (χ3v) is 7.50. The normalized spacial score (nSPS) is 19.7. The van der Waals surface area contributed by atoms with E-state index >= 15 is 0 Å². The fraction of sp³-hybridized carbons (Fsp3) is 0.368. The lowest BCUT2D eigenvalue weighted by Crippen LogP contribution is -2.53. The zero-order valence-electron chi connectivity index (χ0n) is 15.2. The molecule has 9 heteroatoms. The highest BCUT2D eigenvalue weighted by Crippen LogP contribution is 2.24. The van der Waals surface area contributed by atoms with Crippen molar-refractivity contribution in [2.24, 2.45) is 0 Å². The van der Waals surface area contributed by atoms with Gasteiger partial charge in [0.1, 0.15) is 0 Å². The van der Waals surface area contributed by atoms with E-state index in [0.717, 1.165) is 11.3 Å². The number of benzene rings is 1. The molecule has 2 saturated heterocycles. The highest BCUT2D eigenvalue weighted by molar-refractivity contribution is 7.89. The Morgan fingerprint density at radius 1 is 1.18 bits per heavy atom. The lowest BCUT2D eigenvalue weighted by Gasteiger charge is -2.37. The standard InChI is InChI=1S/C19H21N3O4S2/c23-18-8-5-15-13-21(9-10-22(15)18)19(24)14-3-6-17(7-4-14)28(25,26)20-12-16-2-1-11-27-16/h1-4,6-7,11,15,20H,5,8-10,12-13H2/t15-/m1/s1. The largest absolute Gasteiger partial charge is 0.336 e. The molecule has 7 nitrogen and oxygen atoms in total. The number of piperazine rings is 1. The second-order valence-corrected chi connectivity index (χ2v) is 9.76. The summed E-state index contributed by atoms with van der Waals surface area (Å²) in [4.78, 5) is 29.2. The summed E-state index contributed by atoms with van der Waals surface area (Å²) in [7, 11) is -3.63. The van der Waals surface area contributed by atoms with Crippen molar-refractivity contribution in [1.29, 1.82) is 0 Å². The van der Waals surface area contributed by atoms with E-state index in [1.165, 1.54) is 23.5 Å². The van der Waals surface area contributed by atoms with E-state index in [-0.39, 0.29) is 29.3 Å². The van der Waals surface area contributed by atoms with E-state index < -0.39 is 10.0 Å². The number of hydrogen-bond donors (Lipinski definition) is 1. The fourth-order valence-corrected chi connectivity index (χ4v) is 5.41. The van der Waals surface area contributed by atoms with Crippen LogP contribution in [0.25, 0.3) is 0 Å². The van der Waals surface area contributed by atoms with Crippen LogP contribution in [0.2, 0.25) is 0 Å². The van der Waals surface area contributed by atoms with Crippen LogP contribution in [-0.4, -0.2) is 55.7 Å². The highest BCUT2D eigenvalue weighted by atomic mass is 32.2. The molecule has 2 aromatic rings. The summed E-state index contributed by atoms with van der Waals surface area (Å²) < 4.78 is 27.4. The fourth-order valence-electron chi connectivity index (χ4n) is 3.67. The number of nitrogens with one attached hydrogen (secondary N) is 1. The maximum atomic E-state index is 12.8. The zero-order chi connectivity index (χ0) is 19.7. The van der Waals surface area contributed by atoms with Crippen LogP contribution in [0.5, 0.6) is 0 Å². The Hall–Kier alpha value is -2.23. The first kappa shape index (κ1) is 19.1. The molecule has 0 spiro atoms. The Morgan fingerprint density at radius 2 is 1.96 bits per heavy atom. The second kappa shape index (κ2) is 7.65. The van der Waals surface area contributed by atoms with Crippen molar-refractivity contribution in [3.8, 4) is 0 Å². The lowest BCUT2D eigenvalue weighted by atomic mass is 10.1. The van der Waals surface area contributed by atoms with Gasteiger partial charge in [0.25, 0.3) is 5.91 Å². The highest BCUT2D eigenvalue weighted by Gasteiger charge is 2.37. The first-order valence-corrected chi connectivity index (χ1v) is 11.5. The van der Waals surface area contributed by atoms with Gasteiger partial charge in [-0.3, -0.25) is 9.59 Å². The van der Waals surface area contributed by atoms with Crippen molar-refractivity contribution < 1.29 is 18.0 Å². The third-order valence-electron chi connectivity index (χ3n) is 5.21. The molecule has 2 fully saturated rings. The van der Waals surface area contributed by atoms with Crippen molar-refractivity contribution in [3.05, 3.63) is 52.2 Å². The van der Waals surface area contributed by atoms with Gasteiger partial charge in [-0.2, -0.15) is 0 Å². The number of carbonyl (C=O) groups excluding carboxylic acids is 2. The van der Waals surface area contributed by atoms with E-state index in [0.29, 0.717) is 31.6 Å². The molecule has 0 bridgehead atoms. The molecule has 4 rings (SSSR count). The predicted octanol–water partition coefficient (Wildman–Crippen LogP) is 1.67. The van der Waals surface area contributed by atoms with Gasteiger partial charge in [-0.05, 0) is 42.1 Å². The maximum Gasteiger partial charge on any atom is 0.253 e. The molecule has 1 aromatic carbocycles. The van der Waals surface area contributed by atoms with Crippen molar-refractivity contribution in [1.82, 2.24) is 14.5 Å².